The number of pyridine rings is 1. The first kappa shape index (κ1) is 9.51. The fraction of sp³-hybridized carbons (Fsp3) is 0.200. The summed E-state index contributed by atoms with van der Waals surface area (Å²) < 4.78 is 6.81. The Hall–Kier alpha value is -2.04. The third-order valence-electron chi connectivity index (χ3n) is 2.18. The zero-order valence-electron chi connectivity index (χ0n) is 8.64. The highest BCUT2D eigenvalue weighted by atomic mass is 16.5. The molecule has 2 heterocycles. The van der Waals surface area contributed by atoms with Crippen LogP contribution in [0.15, 0.2) is 24.5 Å². The van der Waals surface area contributed by atoms with E-state index in [1.165, 1.54) is 0 Å². The van der Waals surface area contributed by atoms with Gasteiger partial charge in [-0.15, -0.1) is 0 Å². The van der Waals surface area contributed by atoms with E-state index in [1.54, 1.807) is 30.3 Å². The first-order chi connectivity index (χ1) is 7.22. The van der Waals surface area contributed by atoms with Crippen LogP contribution in [0.1, 0.15) is 0 Å². The topological polar surface area (TPSA) is 66.0 Å². The molecule has 15 heavy (non-hydrogen) atoms. The van der Waals surface area contributed by atoms with Crippen molar-refractivity contribution in [2.75, 3.05) is 12.8 Å². The molecule has 0 saturated carbocycles. The van der Waals surface area contributed by atoms with Crippen LogP contribution in [-0.2, 0) is 7.05 Å². The number of nitrogens with zero attached hydrogens (tertiary/aromatic N) is 3. The van der Waals surface area contributed by atoms with E-state index in [2.05, 4.69) is 10.1 Å². The van der Waals surface area contributed by atoms with E-state index in [9.17, 15) is 0 Å². The van der Waals surface area contributed by atoms with Crippen LogP contribution in [0.5, 0.6) is 5.75 Å². The molecular weight excluding hydrogens is 192 g/mol. The molecule has 0 spiro atoms. The van der Waals surface area contributed by atoms with Crippen molar-refractivity contribution in [2.24, 2.45) is 7.05 Å². The molecule has 5 heteroatoms. The second-order valence-corrected chi connectivity index (χ2v) is 3.15. The van der Waals surface area contributed by atoms with Gasteiger partial charge in [-0.2, -0.15) is 5.10 Å². The van der Waals surface area contributed by atoms with Crippen molar-refractivity contribution in [1.82, 2.24) is 14.8 Å². The Morgan fingerprint density at radius 1 is 1.47 bits per heavy atom. The van der Waals surface area contributed by atoms with Gasteiger partial charge in [-0.25, -0.2) is 0 Å². The van der Waals surface area contributed by atoms with Gasteiger partial charge in [0.2, 0.25) is 0 Å². The molecule has 0 aliphatic heterocycles. The van der Waals surface area contributed by atoms with Crippen molar-refractivity contribution in [1.29, 1.82) is 0 Å². The maximum absolute atomic E-state index is 5.80. The predicted molar refractivity (Wildman–Crippen MR) is 57.4 cm³/mol. The largest absolute Gasteiger partial charge is 0.497 e. The molecule has 0 unspecified atom stereocenters. The SMILES string of the molecule is COc1ccnc(-c2c(N)cnn2C)c1. The molecule has 0 radical (unpaired) electrons. The second-order valence-electron chi connectivity index (χ2n) is 3.15. The summed E-state index contributed by atoms with van der Waals surface area (Å²) >= 11 is 0. The molecule has 0 atom stereocenters. The normalized spacial score (nSPS) is 10.3. The van der Waals surface area contributed by atoms with Crippen molar-refractivity contribution in [2.45, 2.75) is 0 Å². The van der Waals surface area contributed by atoms with Crippen LogP contribution in [-0.4, -0.2) is 21.9 Å². The molecule has 2 aromatic rings. The van der Waals surface area contributed by atoms with Crippen molar-refractivity contribution in [3.8, 4) is 17.1 Å². The molecule has 0 aliphatic carbocycles. The minimum Gasteiger partial charge on any atom is -0.497 e. The standard InChI is InChI=1S/C10H12N4O/c1-14-10(8(11)6-13-14)9-5-7(15-2)3-4-12-9/h3-6H,11H2,1-2H3. The molecule has 2 N–H and O–H groups in total. The van der Waals surface area contributed by atoms with Gasteiger partial charge in [0.1, 0.15) is 11.4 Å². The summed E-state index contributed by atoms with van der Waals surface area (Å²) in [6, 6.07) is 3.61. The van der Waals surface area contributed by atoms with Gasteiger partial charge in [0.15, 0.2) is 0 Å². The summed E-state index contributed by atoms with van der Waals surface area (Å²) in [5.41, 5.74) is 7.97. The highest BCUT2D eigenvalue weighted by molar-refractivity contribution is 5.70. The molecule has 0 aromatic carbocycles. The number of aromatic nitrogens is 3. The number of nitrogen functional groups attached to an aromatic ring is 1. The van der Waals surface area contributed by atoms with Crippen LogP contribution in [0.4, 0.5) is 5.69 Å². The first-order valence-corrected chi connectivity index (χ1v) is 4.50. The van der Waals surface area contributed by atoms with Crippen LogP contribution in [0.3, 0.4) is 0 Å². The highest BCUT2D eigenvalue weighted by Gasteiger charge is 2.09. The lowest BCUT2D eigenvalue weighted by Crippen LogP contribution is -1.98. The van der Waals surface area contributed by atoms with Crippen molar-refractivity contribution >= 4 is 5.69 Å². The van der Waals surface area contributed by atoms with E-state index < -0.39 is 0 Å². The Morgan fingerprint density at radius 2 is 2.27 bits per heavy atom. The van der Waals surface area contributed by atoms with E-state index in [4.69, 9.17) is 10.5 Å². The van der Waals surface area contributed by atoms with Crippen LogP contribution in [0, 0.1) is 0 Å². The monoisotopic (exact) mass is 204 g/mol. The van der Waals surface area contributed by atoms with Crippen LogP contribution in [0.25, 0.3) is 11.4 Å². The lowest BCUT2D eigenvalue weighted by Gasteiger charge is -2.04. The fourth-order valence-electron chi connectivity index (χ4n) is 1.44. The van der Waals surface area contributed by atoms with E-state index in [0.717, 1.165) is 17.1 Å². The Kier molecular flexibility index (Phi) is 2.29. The lowest BCUT2D eigenvalue weighted by atomic mass is 10.2. The van der Waals surface area contributed by atoms with Gasteiger partial charge in [-0.1, -0.05) is 0 Å². The zero-order valence-corrected chi connectivity index (χ0v) is 8.64. The van der Waals surface area contributed by atoms with Crippen molar-refractivity contribution in [3.63, 3.8) is 0 Å². The Balaban J connectivity index is 2.53. The minimum absolute atomic E-state index is 0.609. The molecule has 2 rings (SSSR count). The number of hydrogen-bond acceptors (Lipinski definition) is 4. The van der Waals surface area contributed by atoms with E-state index >= 15 is 0 Å². The minimum atomic E-state index is 0.609. The van der Waals surface area contributed by atoms with Gasteiger partial charge < -0.3 is 10.5 Å². The van der Waals surface area contributed by atoms with E-state index in [-0.39, 0.29) is 0 Å². The van der Waals surface area contributed by atoms with Crippen molar-refractivity contribution in [3.05, 3.63) is 24.5 Å². The molecule has 2 aromatic heterocycles. The van der Waals surface area contributed by atoms with E-state index in [1.807, 2.05) is 13.1 Å². The van der Waals surface area contributed by atoms with Crippen LogP contribution in [0.2, 0.25) is 0 Å². The average Bonchev–Trinajstić information content (AvgIpc) is 2.59. The van der Waals surface area contributed by atoms with Gasteiger partial charge in [0, 0.05) is 19.3 Å². The number of rotatable bonds is 2. The third kappa shape index (κ3) is 1.63. The number of ether oxygens (including phenoxy) is 1. The van der Waals surface area contributed by atoms with Gasteiger partial charge in [0.05, 0.1) is 24.7 Å². The van der Waals surface area contributed by atoms with Crippen molar-refractivity contribution < 1.29 is 4.74 Å². The molecule has 0 saturated heterocycles. The van der Waals surface area contributed by atoms with Gasteiger partial charge in [0.25, 0.3) is 0 Å². The number of anilines is 1. The summed E-state index contributed by atoms with van der Waals surface area (Å²) in [6.45, 7) is 0. The summed E-state index contributed by atoms with van der Waals surface area (Å²) in [4.78, 5) is 4.23. The maximum atomic E-state index is 5.80. The Labute approximate surface area is 87.5 Å². The number of aryl methyl sites for hydroxylation is 1. The third-order valence-corrected chi connectivity index (χ3v) is 2.18. The zero-order chi connectivity index (χ0) is 10.8. The smallest absolute Gasteiger partial charge is 0.122 e. The predicted octanol–water partition coefficient (Wildman–Crippen LogP) is 1.07. The Morgan fingerprint density at radius 3 is 2.87 bits per heavy atom. The van der Waals surface area contributed by atoms with E-state index in [0.29, 0.717) is 5.69 Å². The Bertz CT molecular complexity index is 459. The summed E-state index contributed by atoms with van der Waals surface area (Å²) in [5, 5.41) is 4.06. The van der Waals surface area contributed by atoms with Crippen LogP contribution < -0.4 is 10.5 Å². The molecule has 78 valence electrons. The number of methoxy groups -OCH3 is 1. The maximum Gasteiger partial charge on any atom is 0.122 e. The molecule has 0 amide bonds. The van der Waals surface area contributed by atoms with Crippen LogP contribution >= 0.6 is 0 Å². The lowest BCUT2D eigenvalue weighted by molar-refractivity contribution is 0.414. The molecular formula is C10H12N4O. The van der Waals surface area contributed by atoms with Gasteiger partial charge in [-0.3, -0.25) is 9.67 Å². The number of hydrogen-bond donors (Lipinski definition) is 1. The summed E-state index contributed by atoms with van der Waals surface area (Å²) in [6.07, 6.45) is 3.29. The van der Waals surface area contributed by atoms with Gasteiger partial charge >= 0.3 is 0 Å². The quantitative estimate of drug-likeness (QED) is 0.794. The molecule has 0 aliphatic rings. The van der Waals surface area contributed by atoms with Gasteiger partial charge in [-0.05, 0) is 6.07 Å². The molecule has 0 fully saturated rings. The average molecular weight is 204 g/mol. The summed E-state index contributed by atoms with van der Waals surface area (Å²) in [7, 11) is 3.44. The summed E-state index contributed by atoms with van der Waals surface area (Å²) in [5.74, 6) is 0.751. The molecule has 0 bridgehead atoms. The highest BCUT2D eigenvalue weighted by Crippen LogP contribution is 2.25. The first-order valence-electron chi connectivity index (χ1n) is 4.50. The number of nitrogens with two attached hydrogens (primary N) is 1. The molecule has 5 nitrogen and oxygen atoms in total. The fourth-order valence-corrected chi connectivity index (χ4v) is 1.44. The second kappa shape index (κ2) is 3.61.